The molecule has 2 rings (SSSR count). The minimum absolute atomic E-state index is 0.127. The van der Waals surface area contributed by atoms with Gasteiger partial charge in [0.2, 0.25) is 11.7 Å². The molecule has 7 nitrogen and oxygen atoms in total. The summed E-state index contributed by atoms with van der Waals surface area (Å²) in [4.78, 5) is 24.5. The number of ether oxygens (including phenoxy) is 2. The molecule has 4 N–H and O–H groups in total. The van der Waals surface area contributed by atoms with E-state index >= 15 is 0 Å². The number of nitrogens with one attached hydrogen (secondary N) is 2. The summed E-state index contributed by atoms with van der Waals surface area (Å²) in [6, 6.07) is 11.8. The van der Waals surface area contributed by atoms with E-state index in [1.165, 1.54) is 13.2 Å². The van der Waals surface area contributed by atoms with Crippen molar-refractivity contribution in [2.24, 2.45) is 0 Å². The summed E-state index contributed by atoms with van der Waals surface area (Å²) in [6.45, 7) is 1.70. The number of carbonyl (C=O) groups excluding carboxylic acids is 2. The predicted molar refractivity (Wildman–Crippen MR) is 112 cm³/mol. The van der Waals surface area contributed by atoms with E-state index in [4.69, 9.17) is 21.3 Å². The van der Waals surface area contributed by atoms with Crippen molar-refractivity contribution in [2.75, 3.05) is 19.0 Å². The normalized spacial score (nSPS) is 10.1. The molecule has 2 amide bonds. The van der Waals surface area contributed by atoms with Gasteiger partial charge in [-0.2, -0.15) is 0 Å². The van der Waals surface area contributed by atoms with Gasteiger partial charge in [-0.1, -0.05) is 24.1 Å². The van der Waals surface area contributed by atoms with Gasteiger partial charge in [0.05, 0.1) is 18.4 Å². The average molecular weight is 392 g/mol. The molecule has 0 aliphatic heterocycles. The van der Waals surface area contributed by atoms with Gasteiger partial charge in [-0.25, -0.2) is 10.1 Å². The standard InChI is InChI=1S/C22H21N3O4/c1-4-13-29-19-11-9-16(14-20(19)28-3)10-12-21(26)25-18-8-6-5-7-17(18)22(27)24-15(2)23/h1,5-12,14H,13H2,2-3H3,(H,25,26)(H2,23,24,27)/p+1/b12-10+. The summed E-state index contributed by atoms with van der Waals surface area (Å²) in [5.41, 5.74) is 1.40. The summed E-state index contributed by atoms with van der Waals surface area (Å²) < 4.78 is 10.7. The fourth-order valence-corrected chi connectivity index (χ4v) is 2.41. The minimum atomic E-state index is -0.405. The smallest absolute Gasteiger partial charge is 0.340 e. The van der Waals surface area contributed by atoms with Gasteiger partial charge in [0.1, 0.15) is 6.61 Å². The number of anilines is 1. The molecule has 0 heterocycles. The van der Waals surface area contributed by atoms with E-state index in [9.17, 15) is 9.59 Å². The quantitative estimate of drug-likeness (QED) is 0.286. The Labute approximate surface area is 169 Å². The largest absolute Gasteiger partial charge is 0.493 e. The van der Waals surface area contributed by atoms with Crippen molar-refractivity contribution >= 4 is 29.4 Å². The van der Waals surface area contributed by atoms with Crippen LogP contribution in [0.2, 0.25) is 0 Å². The van der Waals surface area contributed by atoms with E-state index in [-0.39, 0.29) is 12.4 Å². The number of amidine groups is 1. The molecule has 0 saturated heterocycles. The fourth-order valence-electron chi connectivity index (χ4n) is 2.41. The minimum Gasteiger partial charge on any atom is -0.493 e. The highest BCUT2D eigenvalue weighted by Gasteiger charge is 2.16. The molecular formula is C22H22N3O4+. The molecule has 0 saturated carbocycles. The van der Waals surface area contributed by atoms with Gasteiger partial charge >= 0.3 is 5.91 Å². The van der Waals surface area contributed by atoms with Gasteiger partial charge in [-0.3, -0.25) is 10.2 Å². The molecule has 0 radical (unpaired) electrons. The molecule has 0 unspecified atom stereocenters. The monoisotopic (exact) mass is 392 g/mol. The van der Waals surface area contributed by atoms with Crippen molar-refractivity contribution < 1.29 is 24.5 Å². The lowest BCUT2D eigenvalue weighted by Gasteiger charge is -2.09. The highest BCUT2D eigenvalue weighted by atomic mass is 16.5. The van der Waals surface area contributed by atoms with E-state index < -0.39 is 11.8 Å². The third-order valence-electron chi connectivity index (χ3n) is 3.67. The van der Waals surface area contributed by atoms with E-state index in [2.05, 4.69) is 16.6 Å². The van der Waals surface area contributed by atoms with Crippen LogP contribution >= 0.6 is 0 Å². The first-order valence-electron chi connectivity index (χ1n) is 8.67. The zero-order valence-corrected chi connectivity index (χ0v) is 16.2. The average Bonchev–Trinajstić information content (AvgIpc) is 2.70. The first-order valence-corrected chi connectivity index (χ1v) is 8.67. The molecule has 0 spiro atoms. The Morgan fingerprint density at radius 1 is 1.21 bits per heavy atom. The van der Waals surface area contributed by atoms with E-state index in [1.807, 2.05) is 0 Å². The SMILES string of the molecule is C#CCOc1ccc(/C=C/C(=O)Nc2ccccc2C(=O)NC(C)=[NH2+])cc1OC. The number of para-hydroxylation sites is 1. The van der Waals surface area contributed by atoms with Gasteiger partial charge in [-0.15, -0.1) is 6.42 Å². The Morgan fingerprint density at radius 3 is 2.66 bits per heavy atom. The second kappa shape index (κ2) is 10.3. The summed E-state index contributed by atoms with van der Waals surface area (Å²) >= 11 is 0. The van der Waals surface area contributed by atoms with Gasteiger partial charge in [0.25, 0.3) is 0 Å². The molecule has 0 atom stereocenters. The van der Waals surface area contributed by atoms with Gasteiger partial charge in [-0.05, 0) is 35.9 Å². The van der Waals surface area contributed by atoms with Crippen molar-refractivity contribution in [2.45, 2.75) is 6.92 Å². The highest BCUT2D eigenvalue weighted by Crippen LogP contribution is 2.28. The van der Waals surface area contributed by atoms with Crippen LogP contribution in [0.25, 0.3) is 6.08 Å². The lowest BCUT2D eigenvalue weighted by atomic mass is 10.1. The van der Waals surface area contributed by atoms with Crippen LogP contribution in [0.3, 0.4) is 0 Å². The van der Waals surface area contributed by atoms with Crippen LogP contribution in [0.4, 0.5) is 5.69 Å². The van der Waals surface area contributed by atoms with Gasteiger partial charge in [0.15, 0.2) is 11.5 Å². The van der Waals surface area contributed by atoms with Crippen LogP contribution in [0.15, 0.2) is 48.5 Å². The Morgan fingerprint density at radius 2 is 1.97 bits per heavy atom. The number of hydrogen-bond donors (Lipinski definition) is 3. The van der Waals surface area contributed by atoms with Crippen molar-refractivity contribution in [3.8, 4) is 23.8 Å². The van der Waals surface area contributed by atoms with Crippen molar-refractivity contribution in [1.82, 2.24) is 5.32 Å². The Bertz CT molecular complexity index is 990. The number of methoxy groups -OCH3 is 1. The molecule has 2 aromatic rings. The second-order valence-corrected chi connectivity index (χ2v) is 5.91. The molecular weight excluding hydrogens is 370 g/mol. The van der Waals surface area contributed by atoms with Crippen LogP contribution < -0.4 is 25.5 Å². The maximum Gasteiger partial charge on any atom is 0.340 e. The molecule has 0 aliphatic carbocycles. The first kappa shape index (κ1) is 21.3. The van der Waals surface area contributed by atoms with Crippen molar-refractivity contribution in [3.63, 3.8) is 0 Å². The molecule has 7 heteroatoms. The third-order valence-corrected chi connectivity index (χ3v) is 3.67. The topological polar surface area (TPSA) is 102 Å². The summed E-state index contributed by atoms with van der Waals surface area (Å²) in [5.74, 6) is 2.86. The molecule has 29 heavy (non-hydrogen) atoms. The molecule has 148 valence electrons. The van der Waals surface area contributed by atoms with E-state index in [1.54, 1.807) is 55.5 Å². The lowest BCUT2D eigenvalue weighted by Crippen LogP contribution is -2.49. The number of rotatable bonds is 7. The zero-order valence-electron chi connectivity index (χ0n) is 16.2. The summed E-state index contributed by atoms with van der Waals surface area (Å²) in [6.07, 6.45) is 8.16. The van der Waals surface area contributed by atoms with Gasteiger partial charge in [0, 0.05) is 13.0 Å². The molecule has 0 bridgehead atoms. The number of hydrogen-bond acceptors (Lipinski definition) is 4. The summed E-state index contributed by atoms with van der Waals surface area (Å²) in [7, 11) is 1.51. The van der Waals surface area contributed by atoms with E-state index in [0.717, 1.165) is 5.56 Å². The van der Waals surface area contributed by atoms with Crippen molar-refractivity contribution in [1.29, 1.82) is 0 Å². The van der Waals surface area contributed by atoms with Crippen LogP contribution in [0.1, 0.15) is 22.8 Å². The zero-order chi connectivity index (χ0) is 21.2. The third kappa shape index (κ3) is 6.26. The van der Waals surface area contributed by atoms with Crippen molar-refractivity contribution in [3.05, 3.63) is 59.7 Å². The Hall–Kier alpha value is -4.05. The number of benzene rings is 2. The van der Waals surface area contributed by atoms with Crippen LogP contribution in [-0.2, 0) is 4.79 Å². The first-order chi connectivity index (χ1) is 13.9. The van der Waals surface area contributed by atoms with Gasteiger partial charge < -0.3 is 14.8 Å². The van der Waals surface area contributed by atoms with E-state index in [0.29, 0.717) is 22.7 Å². The maximum absolute atomic E-state index is 12.3. The molecule has 2 aromatic carbocycles. The van der Waals surface area contributed by atoms with Crippen LogP contribution in [0, 0.1) is 12.3 Å². The number of carbonyl (C=O) groups is 2. The highest BCUT2D eigenvalue weighted by molar-refractivity contribution is 6.11. The molecule has 0 aliphatic rings. The maximum atomic E-state index is 12.3. The second-order valence-electron chi connectivity index (χ2n) is 5.91. The Balaban J connectivity index is 2.12. The Kier molecular flexibility index (Phi) is 7.57. The number of amides is 2. The number of nitrogens with two attached hydrogens (primary N) is 1. The molecule has 0 aromatic heterocycles. The lowest BCUT2D eigenvalue weighted by molar-refractivity contribution is -0.118. The predicted octanol–water partition coefficient (Wildman–Crippen LogP) is 1.27. The molecule has 0 fully saturated rings. The summed E-state index contributed by atoms with van der Waals surface area (Å²) in [5, 5.41) is 10.7. The fraction of sp³-hybridized carbons (Fsp3) is 0.136. The number of terminal acetylenes is 1. The van der Waals surface area contributed by atoms with Crippen LogP contribution in [-0.4, -0.2) is 31.4 Å². The van der Waals surface area contributed by atoms with Crippen LogP contribution in [0.5, 0.6) is 11.5 Å².